The van der Waals surface area contributed by atoms with Gasteiger partial charge >= 0.3 is 12.1 Å². The van der Waals surface area contributed by atoms with Crippen LogP contribution in [0.25, 0.3) is 10.9 Å². The van der Waals surface area contributed by atoms with E-state index in [-0.39, 0.29) is 56.6 Å². The summed E-state index contributed by atoms with van der Waals surface area (Å²) in [7, 11) is 0. The second kappa shape index (κ2) is 11.8. The van der Waals surface area contributed by atoms with Crippen LogP contribution < -0.4 is 25.4 Å². The van der Waals surface area contributed by atoms with Gasteiger partial charge in [-0.25, -0.2) is 27.2 Å². The summed E-state index contributed by atoms with van der Waals surface area (Å²) in [6, 6.07) is 4.97. The van der Waals surface area contributed by atoms with Gasteiger partial charge in [0.05, 0.1) is 41.9 Å². The van der Waals surface area contributed by atoms with Crippen molar-refractivity contribution in [1.82, 2.24) is 9.88 Å². The Labute approximate surface area is 241 Å². The predicted molar refractivity (Wildman–Crippen MR) is 148 cm³/mol. The summed E-state index contributed by atoms with van der Waals surface area (Å²) >= 11 is 0. The van der Waals surface area contributed by atoms with Gasteiger partial charge < -0.3 is 29.5 Å². The molecule has 2 aromatic carbocycles. The van der Waals surface area contributed by atoms with E-state index in [1.54, 1.807) is 11.0 Å². The smallest absolute Gasteiger partial charge is 0.414 e. The Bertz CT molecular complexity index is 1670. The number of aryl methyl sites for hydroxylation is 1. The number of cyclic esters (lactones) is 1. The molecular formula is C28H27F4N5O6. The normalized spacial score (nSPS) is 17.0. The fraction of sp³-hybridized carbons (Fsp3) is 0.357. The summed E-state index contributed by atoms with van der Waals surface area (Å²) in [6.45, 7) is 0.585. The molecule has 43 heavy (non-hydrogen) atoms. The first-order chi connectivity index (χ1) is 20.5. The maximum absolute atomic E-state index is 15.8. The van der Waals surface area contributed by atoms with E-state index in [1.807, 2.05) is 0 Å². The number of rotatable bonds is 8. The van der Waals surface area contributed by atoms with Gasteiger partial charge in [-0.1, -0.05) is 0 Å². The Kier molecular flexibility index (Phi) is 8.15. The van der Waals surface area contributed by atoms with Crippen molar-refractivity contribution in [2.45, 2.75) is 19.6 Å². The number of carboxylic acids is 1. The number of hydrogen-bond donors (Lipinski definition) is 2. The van der Waals surface area contributed by atoms with Crippen LogP contribution in [0.1, 0.15) is 17.3 Å². The second-order valence-corrected chi connectivity index (χ2v) is 10.1. The molecule has 2 N–H and O–H groups in total. The number of ether oxygens (including phenoxy) is 1. The number of nitrogens with one attached hydrogen (secondary N) is 1. The number of halogens is 4. The lowest BCUT2D eigenvalue weighted by Crippen LogP contribution is -2.47. The van der Waals surface area contributed by atoms with E-state index < -0.39 is 76.4 Å². The zero-order valence-corrected chi connectivity index (χ0v) is 22.9. The molecule has 11 nitrogen and oxygen atoms in total. The Morgan fingerprint density at radius 3 is 2.37 bits per heavy atom. The largest absolute Gasteiger partial charge is 0.477 e. The van der Waals surface area contributed by atoms with E-state index in [2.05, 4.69) is 5.32 Å². The number of nitrogens with zero attached hydrogens (tertiary/aromatic N) is 4. The average Bonchev–Trinajstić information content (AvgIpc) is 3.34. The van der Waals surface area contributed by atoms with Crippen molar-refractivity contribution in [2.24, 2.45) is 0 Å². The Morgan fingerprint density at radius 2 is 1.74 bits per heavy atom. The number of carboxylic acid groups (broad SMARTS) is 1. The number of anilines is 3. The highest BCUT2D eigenvalue weighted by molar-refractivity contribution is 5.94. The van der Waals surface area contributed by atoms with Gasteiger partial charge in [0.15, 0.2) is 5.82 Å². The number of fused-ring (bicyclic) bond motifs is 1. The van der Waals surface area contributed by atoms with Crippen LogP contribution in [-0.2, 0) is 16.1 Å². The maximum Gasteiger partial charge on any atom is 0.414 e. The third-order valence-electron chi connectivity index (χ3n) is 7.42. The fourth-order valence-electron chi connectivity index (χ4n) is 5.37. The van der Waals surface area contributed by atoms with Crippen molar-refractivity contribution in [1.29, 1.82) is 0 Å². The predicted octanol–water partition coefficient (Wildman–Crippen LogP) is 2.87. The SMILES string of the molecule is CC(=O)NC[C@H]1CN(c2ccc(N3CCN(c4c(F)cc5c(=O)c(C(=O)O)cn(CCF)c5c4F)CC3)c(F)c2)C(=O)O1. The van der Waals surface area contributed by atoms with E-state index in [1.165, 1.54) is 28.9 Å². The van der Waals surface area contributed by atoms with Gasteiger partial charge in [-0.15, -0.1) is 0 Å². The molecule has 2 aliphatic heterocycles. The van der Waals surface area contributed by atoms with E-state index in [9.17, 15) is 28.7 Å². The standard InChI is InChI=1S/C28H27F4N5O6/c1-15(38)33-12-17-13-37(28(42)43-17)16-2-3-22(20(30)10-16)34-6-8-35(9-7-34)25-21(31)11-18-24(23(25)32)36(5-4-29)14-19(26(18)39)27(40)41/h2-3,10-11,14,17H,4-9,12-13H2,1H3,(H,33,38)(H,40,41)/t17-/m0/s1. The number of aromatic carboxylic acids is 1. The van der Waals surface area contributed by atoms with Gasteiger partial charge in [-0.05, 0) is 24.3 Å². The molecule has 1 atom stereocenters. The Hall–Kier alpha value is -4.82. The first-order valence-corrected chi connectivity index (χ1v) is 13.4. The molecule has 0 radical (unpaired) electrons. The highest BCUT2D eigenvalue weighted by Gasteiger charge is 2.33. The number of alkyl halides is 1. The number of carbonyl (C=O) groups is 3. The minimum atomic E-state index is -1.60. The molecule has 1 aromatic heterocycles. The summed E-state index contributed by atoms with van der Waals surface area (Å²) < 4.78 is 65.6. The zero-order chi connectivity index (χ0) is 31.0. The minimum Gasteiger partial charge on any atom is -0.477 e. The molecule has 2 fully saturated rings. The number of hydrogen-bond acceptors (Lipinski definition) is 7. The van der Waals surface area contributed by atoms with Crippen molar-refractivity contribution in [3.8, 4) is 0 Å². The number of aromatic nitrogens is 1. The van der Waals surface area contributed by atoms with E-state index in [4.69, 9.17) is 4.74 Å². The van der Waals surface area contributed by atoms with Crippen LogP contribution in [0.15, 0.2) is 35.3 Å². The van der Waals surface area contributed by atoms with Crippen LogP contribution in [0, 0.1) is 17.5 Å². The summed E-state index contributed by atoms with van der Waals surface area (Å²) in [4.78, 5) is 51.8. The molecular weight excluding hydrogens is 578 g/mol. The molecule has 2 aliphatic rings. The second-order valence-electron chi connectivity index (χ2n) is 10.1. The summed E-state index contributed by atoms with van der Waals surface area (Å²) in [5.41, 5.74) is -2.21. The maximum atomic E-state index is 15.8. The van der Waals surface area contributed by atoms with E-state index >= 15 is 13.2 Å². The van der Waals surface area contributed by atoms with Crippen molar-refractivity contribution >= 4 is 45.9 Å². The summed E-state index contributed by atoms with van der Waals surface area (Å²) in [5.74, 6) is -4.73. The van der Waals surface area contributed by atoms with Crippen LogP contribution in [0.4, 0.5) is 39.4 Å². The van der Waals surface area contributed by atoms with Gasteiger partial charge in [0.25, 0.3) is 0 Å². The molecule has 228 valence electrons. The lowest BCUT2D eigenvalue weighted by molar-refractivity contribution is -0.119. The molecule has 0 unspecified atom stereocenters. The molecule has 2 saturated heterocycles. The van der Waals surface area contributed by atoms with Gasteiger partial charge in [0.2, 0.25) is 11.3 Å². The molecule has 5 rings (SSSR count). The average molecular weight is 606 g/mol. The van der Waals surface area contributed by atoms with Crippen LogP contribution in [0.5, 0.6) is 0 Å². The van der Waals surface area contributed by atoms with E-state index in [0.717, 1.165) is 16.8 Å². The Balaban J connectivity index is 1.34. The van der Waals surface area contributed by atoms with Gasteiger partial charge in [-0.2, -0.15) is 0 Å². The van der Waals surface area contributed by atoms with Gasteiger partial charge in [0.1, 0.15) is 35.7 Å². The number of carbonyl (C=O) groups excluding carboxylic acids is 2. The lowest BCUT2D eigenvalue weighted by Gasteiger charge is -2.38. The third kappa shape index (κ3) is 5.66. The van der Waals surface area contributed by atoms with Crippen molar-refractivity contribution in [3.63, 3.8) is 0 Å². The molecule has 0 aliphatic carbocycles. The van der Waals surface area contributed by atoms with Crippen LogP contribution in [0.2, 0.25) is 0 Å². The van der Waals surface area contributed by atoms with Crippen LogP contribution in [-0.4, -0.2) is 79.7 Å². The van der Waals surface area contributed by atoms with Gasteiger partial charge in [0, 0.05) is 39.3 Å². The first kappa shape index (κ1) is 29.7. The molecule has 2 amide bonds. The van der Waals surface area contributed by atoms with Crippen molar-refractivity contribution in [2.75, 3.05) is 60.6 Å². The monoisotopic (exact) mass is 605 g/mol. The molecule has 3 aromatic rings. The Morgan fingerprint density at radius 1 is 1.05 bits per heavy atom. The molecule has 0 bridgehead atoms. The molecule has 0 spiro atoms. The number of benzene rings is 2. The lowest BCUT2D eigenvalue weighted by atomic mass is 10.1. The first-order valence-electron chi connectivity index (χ1n) is 13.4. The van der Waals surface area contributed by atoms with Crippen molar-refractivity contribution < 1.29 is 41.8 Å². The number of pyridine rings is 1. The molecule has 0 saturated carbocycles. The zero-order valence-electron chi connectivity index (χ0n) is 22.9. The van der Waals surface area contributed by atoms with E-state index in [0.29, 0.717) is 0 Å². The van der Waals surface area contributed by atoms with Crippen LogP contribution >= 0.6 is 0 Å². The fourth-order valence-corrected chi connectivity index (χ4v) is 5.37. The summed E-state index contributed by atoms with van der Waals surface area (Å²) in [6.07, 6.45) is -0.423. The van der Waals surface area contributed by atoms with Gasteiger partial charge in [-0.3, -0.25) is 14.5 Å². The van der Waals surface area contributed by atoms with Crippen molar-refractivity contribution in [3.05, 3.63) is 63.7 Å². The third-order valence-corrected chi connectivity index (χ3v) is 7.42. The summed E-state index contributed by atoms with van der Waals surface area (Å²) in [5, 5.41) is 11.4. The number of amides is 2. The van der Waals surface area contributed by atoms with Crippen LogP contribution in [0.3, 0.4) is 0 Å². The quantitative estimate of drug-likeness (QED) is 0.376. The molecule has 15 heteroatoms. The highest BCUT2D eigenvalue weighted by atomic mass is 19.1. The minimum absolute atomic E-state index is 0.0599. The molecule has 3 heterocycles. The number of piperazine rings is 1. The highest BCUT2D eigenvalue weighted by Crippen LogP contribution is 2.33. The topological polar surface area (TPSA) is 124 Å².